The van der Waals surface area contributed by atoms with Crippen molar-refractivity contribution in [2.45, 2.75) is 19.1 Å². The molecule has 116 valence electrons. The predicted molar refractivity (Wildman–Crippen MR) is 79.0 cm³/mol. The fourth-order valence-corrected chi connectivity index (χ4v) is 2.63. The third kappa shape index (κ3) is 3.18. The van der Waals surface area contributed by atoms with Crippen molar-refractivity contribution in [2.75, 3.05) is 18.1 Å². The first-order chi connectivity index (χ1) is 10.5. The molecule has 0 fully saturated rings. The van der Waals surface area contributed by atoms with E-state index in [4.69, 9.17) is 4.74 Å². The molecule has 2 aromatic rings. The van der Waals surface area contributed by atoms with Gasteiger partial charge in [-0.05, 0) is 36.2 Å². The maximum absolute atomic E-state index is 12.8. The van der Waals surface area contributed by atoms with Gasteiger partial charge in [-0.1, -0.05) is 24.3 Å². The van der Waals surface area contributed by atoms with Crippen LogP contribution in [0.2, 0.25) is 0 Å². The molecular weight excluding hydrogens is 291 g/mol. The van der Waals surface area contributed by atoms with Gasteiger partial charge in [-0.3, -0.25) is 0 Å². The molecule has 1 aliphatic heterocycles. The molecule has 0 bridgehead atoms. The Labute approximate surface area is 127 Å². The van der Waals surface area contributed by atoms with Crippen LogP contribution in [-0.4, -0.2) is 13.2 Å². The van der Waals surface area contributed by atoms with E-state index in [2.05, 4.69) is 4.90 Å². The van der Waals surface area contributed by atoms with Gasteiger partial charge in [-0.2, -0.15) is 13.2 Å². The summed E-state index contributed by atoms with van der Waals surface area (Å²) in [5.74, 6) is 0.784. The van der Waals surface area contributed by atoms with Gasteiger partial charge in [0.15, 0.2) is 0 Å². The number of nitrogens with zero attached hydrogens (tertiary/aromatic N) is 1. The summed E-state index contributed by atoms with van der Waals surface area (Å²) in [6.07, 6.45) is -3.47. The van der Waals surface area contributed by atoms with Crippen LogP contribution in [-0.2, 0) is 12.7 Å². The molecule has 2 nitrogen and oxygen atoms in total. The largest absolute Gasteiger partial charge is 0.491 e. The average Bonchev–Trinajstić information content (AvgIpc) is 2.70. The molecule has 0 unspecified atom stereocenters. The summed E-state index contributed by atoms with van der Waals surface area (Å²) in [5, 5.41) is 0. The van der Waals surface area contributed by atoms with Crippen LogP contribution in [0.3, 0.4) is 0 Å². The SMILES string of the molecule is FC(F)(F)c1cccc(CN2CCCOc3ccccc32)c1. The van der Waals surface area contributed by atoms with Gasteiger partial charge in [0, 0.05) is 13.1 Å². The Balaban J connectivity index is 1.87. The number of anilines is 1. The lowest BCUT2D eigenvalue weighted by molar-refractivity contribution is -0.137. The summed E-state index contributed by atoms with van der Waals surface area (Å²) in [6.45, 7) is 1.81. The zero-order chi connectivity index (χ0) is 15.6. The fourth-order valence-electron chi connectivity index (χ4n) is 2.63. The van der Waals surface area contributed by atoms with Crippen molar-refractivity contribution in [3.05, 3.63) is 59.7 Å². The highest BCUT2D eigenvalue weighted by atomic mass is 19.4. The molecule has 0 saturated carbocycles. The lowest BCUT2D eigenvalue weighted by Crippen LogP contribution is -2.23. The number of para-hydroxylation sites is 2. The van der Waals surface area contributed by atoms with Crippen molar-refractivity contribution < 1.29 is 17.9 Å². The second kappa shape index (κ2) is 5.91. The minimum Gasteiger partial charge on any atom is -0.491 e. The van der Waals surface area contributed by atoms with Crippen molar-refractivity contribution in [1.82, 2.24) is 0 Å². The van der Waals surface area contributed by atoms with E-state index in [1.54, 1.807) is 6.07 Å². The molecule has 1 aliphatic rings. The third-order valence-corrected chi connectivity index (χ3v) is 3.66. The molecule has 0 N–H and O–H groups in total. The van der Waals surface area contributed by atoms with Gasteiger partial charge >= 0.3 is 6.18 Å². The maximum Gasteiger partial charge on any atom is 0.416 e. The van der Waals surface area contributed by atoms with Crippen LogP contribution in [0.15, 0.2) is 48.5 Å². The van der Waals surface area contributed by atoms with Gasteiger partial charge in [-0.25, -0.2) is 0 Å². The highest BCUT2D eigenvalue weighted by Gasteiger charge is 2.30. The highest BCUT2D eigenvalue weighted by Crippen LogP contribution is 2.33. The first-order valence-corrected chi connectivity index (χ1v) is 7.17. The summed E-state index contributed by atoms with van der Waals surface area (Å²) in [6, 6.07) is 13.1. The predicted octanol–water partition coefficient (Wildman–Crippen LogP) is 4.49. The summed E-state index contributed by atoms with van der Waals surface area (Å²) >= 11 is 0. The van der Waals surface area contributed by atoms with Crippen LogP contribution in [0.4, 0.5) is 18.9 Å². The van der Waals surface area contributed by atoms with Crippen LogP contribution in [0.5, 0.6) is 5.75 Å². The number of hydrogen-bond donors (Lipinski definition) is 0. The van der Waals surface area contributed by atoms with E-state index in [1.165, 1.54) is 12.1 Å². The van der Waals surface area contributed by atoms with Crippen LogP contribution in [0, 0.1) is 0 Å². The second-order valence-corrected chi connectivity index (χ2v) is 5.29. The lowest BCUT2D eigenvalue weighted by atomic mass is 10.1. The molecule has 0 spiro atoms. The third-order valence-electron chi connectivity index (χ3n) is 3.66. The molecule has 0 saturated heterocycles. The van der Waals surface area contributed by atoms with Gasteiger partial charge in [0.25, 0.3) is 0 Å². The normalized spacial score (nSPS) is 15.0. The van der Waals surface area contributed by atoms with Crippen LogP contribution < -0.4 is 9.64 Å². The molecule has 0 aromatic heterocycles. The number of alkyl halides is 3. The Hall–Kier alpha value is -2.17. The molecule has 0 radical (unpaired) electrons. The number of fused-ring (bicyclic) bond motifs is 1. The van der Waals surface area contributed by atoms with Gasteiger partial charge in [-0.15, -0.1) is 0 Å². The second-order valence-electron chi connectivity index (χ2n) is 5.29. The van der Waals surface area contributed by atoms with Crippen molar-refractivity contribution in [2.24, 2.45) is 0 Å². The Morgan fingerprint density at radius 1 is 1.05 bits per heavy atom. The molecular formula is C17H16F3NO. The molecule has 22 heavy (non-hydrogen) atoms. The number of hydrogen-bond acceptors (Lipinski definition) is 2. The minimum atomic E-state index is -4.31. The van der Waals surface area contributed by atoms with Crippen molar-refractivity contribution in [3.63, 3.8) is 0 Å². The molecule has 0 amide bonds. The smallest absolute Gasteiger partial charge is 0.416 e. The summed E-state index contributed by atoms with van der Waals surface area (Å²) in [7, 11) is 0. The highest BCUT2D eigenvalue weighted by molar-refractivity contribution is 5.59. The van der Waals surface area contributed by atoms with Crippen LogP contribution in [0.1, 0.15) is 17.5 Å². The topological polar surface area (TPSA) is 12.5 Å². The fraction of sp³-hybridized carbons (Fsp3) is 0.294. The van der Waals surface area contributed by atoms with E-state index in [9.17, 15) is 13.2 Å². The zero-order valence-corrected chi connectivity index (χ0v) is 11.9. The molecule has 5 heteroatoms. The Morgan fingerprint density at radius 3 is 2.68 bits per heavy atom. The van der Waals surface area contributed by atoms with E-state index in [0.717, 1.165) is 30.5 Å². The summed E-state index contributed by atoms with van der Waals surface area (Å²) < 4.78 is 44.1. The maximum atomic E-state index is 12.8. The van der Waals surface area contributed by atoms with E-state index in [-0.39, 0.29) is 0 Å². The quantitative estimate of drug-likeness (QED) is 0.810. The van der Waals surface area contributed by atoms with Crippen molar-refractivity contribution >= 4 is 5.69 Å². The summed E-state index contributed by atoms with van der Waals surface area (Å²) in [5.41, 5.74) is 0.966. The standard InChI is InChI=1S/C17H16F3NO/c18-17(19,20)14-6-3-5-13(11-14)12-21-9-4-10-22-16-8-2-1-7-15(16)21/h1-3,5-8,11H,4,9-10,12H2. The number of rotatable bonds is 2. The van der Waals surface area contributed by atoms with Gasteiger partial charge < -0.3 is 9.64 Å². The minimum absolute atomic E-state index is 0.435. The monoisotopic (exact) mass is 307 g/mol. The molecule has 0 aliphatic carbocycles. The molecule has 3 rings (SSSR count). The summed E-state index contributed by atoms with van der Waals surface area (Å²) in [4.78, 5) is 2.07. The van der Waals surface area contributed by atoms with E-state index in [1.807, 2.05) is 24.3 Å². The van der Waals surface area contributed by atoms with Gasteiger partial charge in [0.1, 0.15) is 5.75 Å². The van der Waals surface area contributed by atoms with Crippen LogP contribution in [0.25, 0.3) is 0 Å². The van der Waals surface area contributed by atoms with E-state index in [0.29, 0.717) is 18.7 Å². The molecule has 2 aromatic carbocycles. The van der Waals surface area contributed by atoms with Crippen molar-refractivity contribution in [1.29, 1.82) is 0 Å². The van der Waals surface area contributed by atoms with Gasteiger partial charge in [0.05, 0.1) is 17.9 Å². The van der Waals surface area contributed by atoms with E-state index >= 15 is 0 Å². The Morgan fingerprint density at radius 2 is 1.86 bits per heavy atom. The van der Waals surface area contributed by atoms with Crippen molar-refractivity contribution in [3.8, 4) is 5.75 Å². The number of benzene rings is 2. The molecule has 0 atom stereocenters. The van der Waals surface area contributed by atoms with E-state index < -0.39 is 11.7 Å². The first-order valence-electron chi connectivity index (χ1n) is 7.17. The average molecular weight is 307 g/mol. The van der Waals surface area contributed by atoms with Gasteiger partial charge in [0.2, 0.25) is 0 Å². The van der Waals surface area contributed by atoms with Crippen LogP contribution >= 0.6 is 0 Å². The Kier molecular flexibility index (Phi) is 3.96. The zero-order valence-electron chi connectivity index (χ0n) is 11.9. The molecule has 1 heterocycles. The number of halogens is 3. The first kappa shape index (κ1) is 14.8. The lowest BCUT2D eigenvalue weighted by Gasteiger charge is -2.24. The number of ether oxygens (including phenoxy) is 1. The Bertz CT molecular complexity index is 654.